The molecule has 0 heterocycles. The van der Waals surface area contributed by atoms with Crippen molar-refractivity contribution in [3.8, 4) is 0 Å². The highest BCUT2D eigenvalue weighted by Gasteiger charge is 2.11. The maximum absolute atomic E-state index is 11.8. The van der Waals surface area contributed by atoms with Crippen LogP contribution in [0.1, 0.15) is 137 Å². The van der Waals surface area contributed by atoms with Crippen LogP contribution >= 0.6 is 0 Å². The zero-order valence-corrected chi connectivity index (χ0v) is 20.5. The Morgan fingerprint density at radius 2 is 1.10 bits per heavy atom. The zero-order chi connectivity index (χ0) is 22.5. The average molecular weight is 427 g/mol. The fourth-order valence-electron chi connectivity index (χ4n) is 3.74. The molecule has 0 aromatic heterocycles. The molecule has 0 N–H and O–H groups in total. The van der Waals surface area contributed by atoms with E-state index in [4.69, 9.17) is 9.47 Å². The summed E-state index contributed by atoms with van der Waals surface area (Å²) in [7, 11) is 0. The molecule has 0 aliphatic heterocycles. The van der Waals surface area contributed by atoms with E-state index < -0.39 is 0 Å². The van der Waals surface area contributed by atoms with Crippen molar-refractivity contribution in [1.29, 1.82) is 0 Å². The summed E-state index contributed by atoms with van der Waals surface area (Å²) in [6.07, 6.45) is 18.5. The number of hydrogen-bond donors (Lipinski definition) is 0. The third kappa shape index (κ3) is 21.6. The molecule has 1 atom stereocenters. The molecule has 0 saturated heterocycles. The third-order valence-electron chi connectivity index (χ3n) is 5.41. The van der Waals surface area contributed by atoms with Gasteiger partial charge in [0.15, 0.2) is 0 Å². The van der Waals surface area contributed by atoms with Gasteiger partial charge in [-0.2, -0.15) is 0 Å². The van der Waals surface area contributed by atoms with Crippen LogP contribution in [0.2, 0.25) is 0 Å². The first kappa shape index (κ1) is 28.9. The maximum atomic E-state index is 11.8. The molecule has 0 rings (SSSR count). The van der Waals surface area contributed by atoms with Crippen molar-refractivity contribution in [1.82, 2.24) is 0 Å². The first-order valence-electron chi connectivity index (χ1n) is 12.8. The molecule has 4 nitrogen and oxygen atoms in total. The van der Waals surface area contributed by atoms with Gasteiger partial charge in [0.1, 0.15) is 0 Å². The Balaban J connectivity index is 3.35. The molecular weight excluding hydrogens is 376 g/mol. The molecular formula is C26H50O4. The van der Waals surface area contributed by atoms with Crippen molar-refractivity contribution < 1.29 is 19.1 Å². The van der Waals surface area contributed by atoms with Gasteiger partial charge >= 0.3 is 11.9 Å². The quantitative estimate of drug-likeness (QED) is 0.139. The van der Waals surface area contributed by atoms with Gasteiger partial charge in [-0.25, -0.2) is 0 Å². The number of hydrogen-bond acceptors (Lipinski definition) is 4. The van der Waals surface area contributed by atoms with E-state index in [1.54, 1.807) is 0 Å². The van der Waals surface area contributed by atoms with E-state index in [9.17, 15) is 9.59 Å². The Kier molecular flexibility index (Phi) is 20.4. The van der Waals surface area contributed by atoms with Crippen molar-refractivity contribution in [2.24, 2.45) is 5.92 Å². The Labute approximate surface area is 186 Å². The van der Waals surface area contributed by atoms with Crippen LogP contribution < -0.4 is 0 Å². The van der Waals surface area contributed by atoms with Crippen LogP contribution in [-0.2, 0) is 19.1 Å². The van der Waals surface area contributed by atoms with Crippen LogP contribution in [0.5, 0.6) is 0 Å². The first-order chi connectivity index (χ1) is 14.5. The average Bonchev–Trinajstić information content (AvgIpc) is 2.67. The Morgan fingerprint density at radius 3 is 1.63 bits per heavy atom. The van der Waals surface area contributed by atoms with Gasteiger partial charge in [0.2, 0.25) is 0 Å². The van der Waals surface area contributed by atoms with Crippen molar-refractivity contribution >= 4 is 11.9 Å². The smallest absolute Gasteiger partial charge is 0.306 e. The normalized spacial score (nSPS) is 12.2. The summed E-state index contributed by atoms with van der Waals surface area (Å²) >= 11 is 0. The Hall–Kier alpha value is -1.06. The molecule has 0 amide bonds. The summed E-state index contributed by atoms with van der Waals surface area (Å²) in [4.78, 5) is 23.5. The predicted octanol–water partition coefficient (Wildman–Crippen LogP) is 7.77. The van der Waals surface area contributed by atoms with Gasteiger partial charge in [0, 0.05) is 12.8 Å². The SMILES string of the molecule is CCCCCCCCCCCCCOC(=O)CCCCCC(=O)OC(C)CC(C)C. The lowest BCUT2D eigenvalue weighted by molar-refractivity contribution is -0.149. The highest BCUT2D eigenvalue weighted by molar-refractivity contribution is 5.70. The molecule has 4 heteroatoms. The number of esters is 2. The van der Waals surface area contributed by atoms with Gasteiger partial charge in [0.05, 0.1) is 12.7 Å². The van der Waals surface area contributed by atoms with E-state index in [1.165, 1.54) is 57.8 Å². The van der Waals surface area contributed by atoms with E-state index in [0.717, 1.165) is 38.5 Å². The van der Waals surface area contributed by atoms with E-state index >= 15 is 0 Å². The maximum Gasteiger partial charge on any atom is 0.306 e. The summed E-state index contributed by atoms with van der Waals surface area (Å²) in [5, 5.41) is 0. The van der Waals surface area contributed by atoms with E-state index in [1.807, 2.05) is 6.92 Å². The van der Waals surface area contributed by atoms with Gasteiger partial charge in [-0.3, -0.25) is 9.59 Å². The lowest BCUT2D eigenvalue weighted by Crippen LogP contribution is -2.16. The van der Waals surface area contributed by atoms with Crippen molar-refractivity contribution in [2.75, 3.05) is 6.61 Å². The summed E-state index contributed by atoms with van der Waals surface area (Å²) in [5.41, 5.74) is 0. The lowest BCUT2D eigenvalue weighted by atomic mass is 10.1. The van der Waals surface area contributed by atoms with Crippen LogP contribution in [-0.4, -0.2) is 24.6 Å². The standard InChI is InChI=1S/C26H50O4/c1-5-6-7-8-9-10-11-12-13-14-18-21-29-25(27)19-16-15-17-20-26(28)30-24(4)22-23(2)3/h23-24H,5-22H2,1-4H3. The summed E-state index contributed by atoms with van der Waals surface area (Å²) in [6, 6.07) is 0. The van der Waals surface area contributed by atoms with Crippen molar-refractivity contribution in [2.45, 2.75) is 143 Å². The number of rotatable bonds is 21. The van der Waals surface area contributed by atoms with Crippen LogP contribution in [0.25, 0.3) is 0 Å². The minimum Gasteiger partial charge on any atom is -0.466 e. The van der Waals surface area contributed by atoms with E-state index in [2.05, 4.69) is 20.8 Å². The van der Waals surface area contributed by atoms with Gasteiger partial charge in [-0.05, 0) is 38.5 Å². The van der Waals surface area contributed by atoms with E-state index in [0.29, 0.717) is 25.4 Å². The molecule has 0 bridgehead atoms. The molecule has 0 aliphatic carbocycles. The number of carbonyl (C=O) groups excluding carboxylic acids is 2. The van der Waals surface area contributed by atoms with Gasteiger partial charge in [0.25, 0.3) is 0 Å². The molecule has 0 saturated carbocycles. The van der Waals surface area contributed by atoms with Crippen LogP contribution in [0.4, 0.5) is 0 Å². The largest absolute Gasteiger partial charge is 0.466 e. The Morgan fingerprint density at radius 1 is 0.633 bits per heavy atom. The molecule has 0 aromatic carbocycles. The first-order valence-corrected chi connectivity index (χ1v) is 12.8. The van der Waals surface area contributed by atoms with Crippen LogP contribution in [0.3, 0.4) is 0 Å². The van der Waals surface area contributed by atoms with Gasteiger partial charge in [-0.15, -0.1) is 0 Å². The predicted molar refractivity (Wildman–Crippen MR) is 126 cm³/mol. The molecule has 0 radical (unpaired) electrons. The zero-order valence-electron chi connectivity index (χ0n) is 20.5. The topological polar surface area (TPSA) is 52.6 Å². The van der Waals surface area contributed by atoms with Crippen molar-refractivity contribution in [3.05, 3.63) is 0 Å². The van der Waals surface area contributed by atoms with E-state index in [-0.39, 0.29) is 18.0 Å². The van der Waals surface area contributed by atoms with Crippen LogP contribution in [0, 0.1) is 5.92 Å². The molecule has 0 aliphatic rings. The molecule has 30 heavy (non-hydrogen) atoms. The molecule has 0 aromatic rings. The number of carbonyl (C=O) groups is 2. The number of unbranched alkanes of at least 4 members (excludes halogenated alkanes) is 12. The lowest BCUT2D eigenvalue weighted by Gasteiger charge is -2.15. The molecule has 0 fully saturated rings. The Bertz CT molecular complexity index is 406. The highest BCUT2D eigenvalue weighted by atomic mass is 16.5. The minimum absolute atomic E-state index is 0.0111. The fourth-order valence-corrected chi connectivity index (χ4v) is 3.74. The number of ether oxygens (including phenoxy) is 2. The third-order valence-corrected chi connectivity index (χ3v) is 5.41. The minimum atomic E-state index is -0.123. The second-order valence-electron chi connectivity index (χ2n) is 9.25. The van der Waals surface area contributed by atoms with Crippen LogP contribution in [0.15, 0.2) is 0 Å². The summed E-state index contributed by atoms with van der Waals surface area (Å²) in [6.45, 7) is 9.01. The second-order valence-corrected chi connectivity index (χ2v) is 9.25. The molecule has 178 valence electrons. The second kappa shape index (κ2) is 21.2. The molecule has 0 spiro atoms. The summed E-state index contributed by atoms with van der Waals surface area (Å²) in [5.74, 6) is 0.307. The summed E-state index contributed by atoms with van der Waals surface area (Å²) < 4.78 is 10.7. The van der Waals surface area contributed by atoms with Crippen molar-refractivity contribution in [3.63, 3.8) is 0 Å². The fraction of sp³-hybridized carbons (Fsp3) is 0.923. The highest BCUT2D eigenvalue weighted by Crippen LogP contribution is 2.12. The van der Waals surface area contributed by atoms with Gasteiger partial charge in [-0.1, -0.05) is 91.4 Å². The molecule has 1 unspecified atom stereocenters. The monoisotopic (exact) mass is 426 g/mol. The van der Waals surface area contributed by atoms with Gasteiger partial charge < -0.3 is 9.47 Å².